The van der Waals surface area contributed by atoms with Crippen LogP contribution in [0.1, 0.15) is 28.8 Å². The van der Waals surface area contributed by atoms with Gasteiger partial charge in [-0.15, -0.1) is 0 Å². The summed E-state index contributed by atoms with van der Waals surface area (Å²) in [6, 6.07) is 11.2. The van der Waals surface area contributed by atoms with Crippen LogP contribution in [0.25, 0.3) is 0 Å². The first-order valence-electron chi connectivity index (χ1n) is 7.91. The van der Waals surface area contributed by atoms with Crippen molar-refractivity contribution >= 4 is 17.4 Å². The van der Waals surface area contributed by atoms with Gasteiger partial charge in [0.1, 0.15) is 5.82 Å². The Hall–Kier alpha value is -2.40. The predicted molar refractivity (Wildman–Crippen MR) is 90.8 cm³/mol. The lowest BCUT2D eigenvalue weighted by Crippen LogP contribution is -2.19. The van der Waals surface area contributed by atoms with Crippen molar-refractivity contribution in [2.75, 3.05) is 23.8 Å². The van der Waals surface area contributed by atoms with Crippen LogP contribution in [-0.4, -0.2) is 30.1 Å². The van der Waals surface area contributed by atoms with Gasteiger partial charge < -0.3 is 15.4 Å². The van der Waals surface area contributed by atoms with Gasteiger partial charge in [-0.25, -0.2) is 4.98 Å². The number of nitrogens with zero attached hydrogens (tertiary/aromatic N) is 1. The van der Waals surface area contributed by atoms with Gasteiger partial charge in [0, 0.05) is 18.7 Å². The van der Waals surface area contributed by atoms with E-state index in [-0.39, 0.29) is 12.0 Å². The van der Waals surface area contributed by atoms with Crippen molar-refractivity contribution in [1.29, 1.82) is 0 Å². The lowest BCUT2D eigenvalue weighted by atomic mass is 10.1. The zero-order valence-electron chi connectivity index (χ0n) is 13.2. The third-order valence-corrected chi connectivity index (χ3v) is 3.95. The molecule has 0 radical (unpaired) electrons. The fourth-order valence-corrected chi connectivity index (χ4v) is 2.62. The molecule has 1 amide bonds. The number of hydrogen-bond donors (Lipinski definition) is 2. The maximum atomic E-state index is 12.2. The monoisotopic (exact) mass is 311 g/mol. The van der Waals surface area contributed by atoms with Crippen molar-refractivity contribution in [3.63, 3.8) is 0 Å². The van der Waals surface area contributed by atoms with Gasteiger partial charge in [-0.2, -0.15) is 0 Å². The minimum absolute atomic E-state index is 0.120. The van der Waals surface area contributed by atoms with Crippen molar-refractivity contribution in [2.45, 2.75) is 25.9 Å². The van der Waals surface area contributed by atoms with Gasteiger partial charge in [0.2, 0.25) is 0 Å². The number of hydrogen-bond acceptors (Lipinski definition) is 4. The highest BCUT2D eigenvalue weighted by atomic mass is 16.5. The summed E-state index contributed by atoms with van der Waals surface area (Å²) in [5.41, 5.74) is 2.31. The van der Waals surface area contributed by atoms with Crippen LogP contribution in [0, 0.1) is 6.92 Å². The quantitative estimate of drug-likeness (QED) is 0.890. The minimum atomic E-state index is -0.120. The number of aryl methyl sites for hydroxylation is 1. The van der Waals surface area contributed by atoms with E-state index in [2.05, 4.69) is 15.6 Å². The summed E-state index contributed by atoms with van der Waals surface area (Å²) in [6.45, 7) is 3.54. The predicted octanol–water partition coefficient (Wildman–Crippen LogP) is 3.23. The van der Waals surface area contributed by atoms with Gasteiger partial charge in [-0.05, 0) is 43.5 Å². The number of ether oxygens (including phenoxy) is 1. The number of anilines is 2. The number of benzene rings is 1. The number of amides is 1. The van der Waals surface area contributed by atoms with Crippen LogP contribution in [0.15, 0.2) is 42.6 Å². The van der Waals surface area contributed by atoms with Crippen molar-refractivity contribution in [3.05, 3.63) is 53.7 Å². The zero-order chi connectivity index (χ0) is 16.1. The SMILES string of the molecule is Cc1ccccc1C(=O)Nc1ccc(NCC2CCCO2)nc1. The van der Waals surface area contributed by atoms with Gasteiger partial charge in [-0.3, -0.25) is 4.79 Å². The molecule has 1 aromatic heterocycles. The maximum Gasteiger partial charge on any atom is 0.255 e. The molecule has 120 valence electrons. The number of carbonyl (C=O) groups is 1. The van der Waals surface area contributed by atoms with Crippen molar-refractivity contribution in [2.24, 2.45) is 0 Å². The first kappa shape index (κ1) is 15.5. The van der Waals surface area contributed by atoms with E-state index in [0.29, 0.717) is 11.3 Å². The van der Waals surface area contributed by atoms with E-state index in [4.69, 9.17) is 4.74 Å². The average Bonchev–Trinajstić information content (AvgIpc) is 3.08. The summed E-state index contributed by atoms with van der Waals surface area (Å²) in [6.07, 6.45) is 4.16. The van der Waals surface area contributed by atoms with Gasteiger partial charge >= 0.3 is 0 Å². The molecule has 1 unspecified atom stereocenters. The standard InChI is InChI=1S/C18H21N3O2/c1-13-5-2-3-7-16(13)18(22)21-14-8-9-17(19-11-14)20-12-15-6-4-10-23-15/h2-3,5,7-9,11,15H,4,6,10,12H2,1H3,(H,19,20)(H,21,22). The number of aromatic nitrogens is 1. The molecule has 0 bridgehead atoms. The van der Waals surface area contributed by atoms with E-state index in [1.54, 1.807) is 6.20 Å². The smallest absolute Gasteiger partial charge is 0.255 e. The Morgan fingerprint density at radius 1 is 1.30 bits per heavy atom. The molecule has 2 aromatic rings. The molecule has 1 aromatic carbocycles. The first-order valence-corrected chi connectivity index (χ1v) is 7.91. The van der Waals surface area contributed by atoms with Crippen molar-refractivity contribution < 1.29 is 9.53 Å². The maximum absolute atomic E-state index is 12.2. The molecule has 23 heavy (non-hydrogen) atoms. The fraction of sp³-hybridized carbons (Fsp3) is 0.333. The molecule has 1 fully saturated rings. The Bertz CT molecular complexity index is 664. The van der Waals surface area contributed by atoms with Crippen LogP contribution in [0.5, 0.6) is 0 Å². The number of pyridine rings is 1. The van der Waals surface area contributed by atoms with E-state index in [9.17, 15) is 4.79 Å². The highest BCUT2D eigenvalue weighted by Crippen LogP contribution is 2.15. The molecule has 5 heteroatoms. The molecule has 1 atom stereocenters. The lowest BCUT2D eigenvalue weighted by Gasteiger charge is -2.12. The normalized spacial score (nSPS) is 17.0. The van der Waals surface area contributed by atoms with Crippen molar-refractivity contribution in [1.82, 2.24) is 4.98 Å². The summed E-state index contributed by atoms with van der Waals surface area (Å²) in [5.74, 6) is 0.666. The van der Waals surface area contributed by atoms with Crippen molar-refractivity contribution in [3.8, 4) is 0 Å². The molecule has 0 spiro atoms. The zero-order valence-corrected chi connectivity index (χ0v) is 13.2. The van der Waals surface area contributed by atoms with Crippen LogP contribution >= 0.6 is 0 Å². The molecule has 0 saturated carbocycles. The molecular formula is C18H21N3O2. The van der Waals surface area contributed by atoms with E-state index in [1.165, 1.54) is 0 Å². The molecule has 3 rings (SSSR count). The second-order valence-electron chi connectivity index (χ2n) is 5.72. The second-order valence-corrected chi connectivity index (χ2v) is 5.72. The lowest BCUT2D eigenvalue weighted by molar-refractivity contribution is 0.102. The Kier molecular flexibility index (Phi) is 4.88. The molecule has 1 aliphatic heterocycles. The van der Waals surface area contributed by atoms with Crippen LogP contribution in [-0.2, 0) is 4.74 Å². The minimum Gasteiger partial charge on any atom is -0.376 e. The topological polar surface area (TPSA) is 63.2 Å². The van der Waals surface area contributed by atoms with E-state index < -0.39 is 0 Å². The van der Waals surface area contributed by atoms with Gasteiger partial charge in [0.15, 0.2) is 0 Å². The van der Waals surface area contributed by atoms with E-state index in [0.717, 1.165) is 37.4 Å². The summed E-state index contributed by atoms with van der Waals surface area (Å²) in [4.78, 5) is 16.6. The summed E-state index contributed by atoms with van der Waals surface area (Å²) in [5, 5.41) is 6.13. The van der Waals surface area contributed by atoms with Gasteiger partial charge in [-0.1, -0.05) is 18.2 Å². The first-order chi connectivity index (χ1) is 11.2. The van der Waals surface area contributed by atoms with Crippen LogP contribution in [0.3, 0.4) is 0 Å². The highest BCUT2D eigenvalue weighted by molar-refractivity contribution is 6.05. The molecule has 5 nitrogen and oxygen atoms in total. The molecule has 1 aliphatic rings. The summed E-state index contributed by atoms with van der Waals surface area (Å²) < 4.78 is 5.56. The highest BCUT2D eigenvalue weighted by Gasteiger charge is 2.15. The third-order valence-electron chi connectivity index (χ3n) is 3.95. The summed E-state index contributed by atoms with van der Waals surface area (Å²) >= 11 is 0. The summed E-state index contributed by atoms with van der Waals surface area (Å²) in [7, 11) is 0. The second kappa shape index (κ2) is 7.24. The molecule has 0 aliphatic carbocycles. The fourth-order valence-electron chi connectivity index (χ4n) is 2.62. The van der Waals surface area contributed by atoms with Gasteiger partial charge in [0.25, 0.3) is 5.91 Å². The van der Waals surface area contributed by atoms with Crippen LogP contribution < -0.4 is 10.6 Å². The Balaban J connectivity index is 1.56. The molecular weight excluding hydrogens is 290 g/mol. The number of carbonyl (C=O) groups excluding carboxylic acids is 1. The molecule has 2 heterocycles. The van der Waals surface area contributed by atoms with E-state index >= 15 is 0 Å². The third kappa shape index (κ3) is 4.07. The van der Waals surface area contributed by atoms with E-state index in [1.807, 2.05) is 43.3 Å². The van der Waals surface area contributed by atoms with Gasteiger partial charge in [0.05, 0.1) is 18.0 Å². The molecule has 2 N–H and O–H groups in total. The Morgan fingerprint density at radius 3 is 2.87 bits per heavy atom. The molecule has 1 saturated heterocycles. The Morgan fingerprint density at radius 2 is 2.17 bits per heavy atom. The number of rotatable bonds is 5. The largest absolute Gasteiger partial charge is 0.376 e. The Labute approximate surface area is 136 Å². The number of nitrogens with one attached hydrogen (secondary N) is 2. The average molecular weight is 311 g/mol. The van der Waals surface area contributed by atoms with Crippen LogP contribution in [0.2, 0.25) is 0 Å². The van der Waals surface area contributed by atoms with Crippen LogP contribution in [0.4, 0.5) is 11.5 Å².